The standard InChI is InChI=1S/C13H21IN4O6/c1-20-12-16-11(17-13(18-12)21-2)15-3-4-22-5-6-23-7-8-24-10(19)9-14/h3-9H2,1-2H3,(H,15,16,17,18). The molecule has 1 aromatic heterocycles. The van der Waals surface area contributed by atoms with E-state index in [0.29, 0.717) is 43.3 Å². The lowest BCUT2D eigenvalue weighted by atomic mass is 10.6. The predicted molar refractivity (Wildman–Crippen MR) is 92.9 cm³/mol. The van der Waals surface area contributed by atoms with Crippen LogP contribution in [0.2, 0.25) is 0 Å². The molecule has 0 bridgehead atoms. The van der Waals surface area contributed by atoms with Crippen molar-refractivity contribution in [3.05, 3.63) is 0 Å². The minimum atomic E-state index is -0.242. The van der Waals surface area contributed by atoms with Gasteiger partial charge in [-0.05, 0) is 0 Å². The summed E-state index contributed by atoms with van der Waals surface area (Å²) in [6, 6.07) is 0.337. The molecule has 0 aliphatic carbocycles. The van der Waals surface area contributed by atoms with Gasteiger partial charge in [0.05, 0.1) is 45.1 Å². The van der Waals surface area contributed by atoms with Crippen molar-refractivity contribution < 1.29 is 28.5 Å². The second-order valence-electron chi connectivity index (χ2n) is 4.14. The van der Waals surface area contributed by atoms with Gasteiger partial charge < -0.3 is 29.0 Å². The highest BCUT2D eigenvalue weighted by Crippen LogP contribution is 2.11. The van der Waals surface area contributed by atoms with Gasteiger partial charge in [0, 0.05) is 6.54 Å². The van der Waals surface area contributed by atoms with E-state index >= 15 is 0 Å². The van der Waals surface area contributed by atoms with Crippen molar-refractivity contribution in [3.8, 4) is 12.0 Å². The van der Waals surface area contributed by atoms with Crippen LogP contribution in [0, 0.1) is 0 Å². The Kier molecular flexibility index (Phi) is 11.1. The maximum absolute atomic E-state index is 10.9. The molecule has 0 saturated heterocycles. The zero-order chi connectivity index (χ0) is 17.6. The van der Waals surface area contributed by atoms with E-state index < -0.39 is 0 Å². The highest BCUT2D eigenvalue weighted by Gasteiger charge is 2.06. The monoisotopic (exact) mass is 456 g/mol. The number of anilines is 1. The molecule has 0 aliphatic heterocycles. The molecule has 0 spiro atoms. The smallest absolute Gasteiger partial charge is 0.324 e. The summed E-state index contributed by atoms with van der Waals surface area (Å²) in [6.45, 7) is 2.43. The molecular weight excluding hydrogens is 435 g/mol. The van der Waals surface area contributed by atoms with Crippen molar-refractivity contribution in [2.45, 2.75) is 0 Å². The molecule has 10 nitrogen and oxygen atoms in total. The minimum Gasteiger partial charge on any atom is -0.467 e. The fourth-order valence-corrected chi connectivity index (χ4v) is 1.63. The molecular formula is C13H21IN4O6. The number of nitrogens with one attached hydrogen (secondary N) is 1. The second-order valence-corrected chi connectivity index (χ2v) is 4.90. The lowest BCUT2D eigenvalue weighted by molar-refractivity contribution is -0.141. The maximum atomic E-state index is 10.9. The largest absolute Gasteiger partial charge is 0.467 e. The van der Waals surface area contributed by atoms with Crippen molar-refractivity contribution >= 4 is 34.5 Å². The second kappa shape index (κ2) is 12.9. The molecule has 0 radical (unpaired) electrons. The van der Waals surface area contributed by atoms with Crippen LogP contribution >= 0.6 is 22.6 Å². The Labute approximate surface area is 153 Å². The Balaban J connectivity index is 2.05. The molecule has 0 unspecified atom stereocenters. The van der Waals surface area contributed by atoms with Gasteiger partial charge in [-0.3, -0.25) is 4.79 Å². The number of aromatic nitrogens is 3. The van der Waals surface area contributed by atoms with E-state index in [-0.39, 0.29) is 24.6 Å². The summed E-state index contributed by atoms with van der Waals surface area (Å²) in [5.41, 5.74) is 0. The number of hydrogen-bond donors (Lipinski definition) is 1. The van der Waals surface area contributed by atoms with E-state index in [9.17, 15) is 4.79 Å². The van der Waals surface area contributed by atoms with E-state index in [0.717, 1.165) is 0 Å². The van der Waals surface area contributed by atoms with Gasteiger partial charge in [-0.25, -0.2) is 0 Å². The summed E-state index contributed by atoms with van der Waals surface area (Å²) in [7, 11) is 2.93. The number of halogens is 1. The Hall–Kier alpha value is -1.47. The van der Waals surface area contributed by atoms with Crippen molar-refractivity contribution in [1.82, 2.24) is 15.0 Å². The molecule has 0 fully saturated rings. The Morgan fingerprint density at radius 2 is 1.54 bits per heavy atom. The van der Waals surface area contributed by atoms with E-state index in [1.165, 1.54) is 14.2 Å². The van der Waals surface area contributed by atoms with Crippen molar-refractivity contribution in [2.24, 2.45) is 0 Å². The number of hydrogen-bond acceptors (Lipinski definition) is 10. The van der Waals surface area contributed by atoms with Crippen LogP contribution in [0.5, 0.6) is 12.0 Å². The summed E-state index contributed by atoms with van der Waals surface area (Å²) in [6.07, 6.45) is 0. The fourth-order valence-electron chi connectivity index (χ4n) is 1.41. The van der Waals surface area contributed by atoms with Crippen LogP contribution in [-0.4, -0.2) is 79.1 Å². The zero-order valence-corrected chi connectivity index (χ0v) is 15.8. The molecule has 1 N–H and O–H groups in total. The van der Waals surface area contributed by atoms with Gasteiger partial charge in [0.2, 0.25) is 5.95 Å². The topological polar surface area (TPSA) is 114 Å². The number of rotatable bonds is 13. The van der Waals surface area contributed by atoms with E-state index in [1.807, 2.05) is 22.6 Å². The van der Waals surface area contributed by atoms with E-state index in [4.69, 9.17) is 23.7 Å². The summed E-state index contributed by atoms with van der Waals surface area (Å²) in [5, 5.41) is 2.98. The molecule has 11 heteroatoms. The normalized spacial score (nSPS) is 10.3. The molecule has 1 heterocycles. The average molecular weight is 456 g/mol. The number of nitrogens with zero attached hydrogens (tertiary/aromatic N) is 3. The first kappa shape index (κ1) is 20.6. The third kappa shape index (κ3) is 8.98. The highest BCUT2D eigenvalue weighted by molar-refractivity contribution is 14.1. The van der Waals surface area contributed by atoms with Crippen molar-refractivity contribution in [3.63, 3.8) is 0 Å². The average Bonchev–Trinajstić information content (AvgIpc) is 2.62. The first-order valence-corrected chi connectivity index (χ1v) is 8.67. The lowest BCUT2D eigenvalue weighted by Crippen LogP contribution is -2.16. The Bertz CT molecular complexity index is 471. The van der Waals surface area contributed by atoms with Crippen LogP contribution in [0.25, 0.3) is 0 Å². The molecule has 0 atom stereocenters. The van der Waals surface area contributed by atoms with Gasteiger partial charge >= 0.3 is 18.0 Å². The molecule has 1 rings (SSSR count). The molecule has 0 aliphatic rings. The quantitative estimate of drug-likeness (QED) is 0.193. The number of ether oxygens (including phenoxy) is 5. The number of carbonyl (C=O) groups is 1. The van der Waals surface area contributed by atoms with Crippen molar-refractivity contribution in [2.75, 3.05) is 63.5 Å². The molecule has 24 heavy (non-hydrogen) atoms. The number of alkyl halides is 1. The Morgan fingerprint density at radius 3 is 2.12 bits per heavy atom. The van der Waals surface area contributed by atoms with E-state index in [1.54, 1.807) is 0 Å². The molecule has 0 saturated carbocycles. The summed E-state index contributed by atoms with van der Waals surface area (Å²) in [5.74, 6) is 0.101. The summed E-state index contributed by atoms with van der Waals surface area (Å²) >= 11 is 1.94. The predicted octanol–water partition coefficient (Wildman–Crippen LogP) is 0.312. The first-order valence-electron chi connectivity index (χ1n) is 7.14. The Morgan fingerprint density at radius 1 is 0.958 bits per heavy atom. The molecule has 0 aromatic carbocycles. The first-order chi connectivity index (χ1) is 11.7. The van der Waals surface area contributed by atoms with Crippen LogP contribution in [0.1, 0.15) is 0 Å². The lowest BCUT2D eigenvalue weighted by Gasteiger charge is -2.08. The van der Waals surface area contributed by atoms with Crippen LogP contribution in [0.3, 0.4) is 0 Å². The minimum absolute atomic E-state index is 0.168. The zero-order valence-electron chi connectivity index (χ0n) is 13.6. The molecule has 1 aromatic rings. The maximum Gasteiger partial charge on any atom is 0.324 e. The van der Waals surface area contributed by atoms with Crippen LogP contribution < -0.4 is 14.8 Å². The number of esters is 1. The molecule has 136 valence electrons. The summed E-state index contributed by atoms with van der Waals surface area (Å²) in [4.78, 5) is 22.8. The van der Waals surface area contributed by atoms with Gasteiger partial charge in [0.15, 0.2) is 0 Å². The fraction of sp³-hybridized carbons (Fsp3) is 0.692. The number of carbonyl (C=O) groups excluding carboxylic acids is 1. The van der Waals surface area contributed by atoms with Gasteiger partial charge in [-0.1, -0.05) is 22.6 Å². The third-order valence-electron chi connectivity index (χ3n) is 2.46. The van der Waals surface area contributed by atoms with Crippen molar-refractivity contribution in [1.29, 1.82) is 0 Å². The highest BCUT2D eigenvalue weighted by atomic mass is 127. The SMILES string of the molecule is COc1nc(NCCOCCOCCOC(=O)CI)nc(OC)n1. The summed E-state index contributed by atoms with van der Waals surface area (Å²) < 4.78 is 25.7. The van der Waals surface area contributed by atoms with Gasteiger partial charge in [0.1, 0.15) is 6.61 Å². The number of methoxy groups -OCH3 is 2. The van der Waals surface area contributed by atoms with E-state index in [2.05, 4.69) is 20.3 Å². The van der Waals surface area contributed by atoms with Gasteiger partial charge in [-0.2, -0.15) is 9.97 Å². The third-order valence-corrected chi connectivity index (χ3v) is 3.08. The van der Waals surface area contributed by atoms with Crippen LogP contribution in [-0.2, 0) is 19.0 Å². The molecule has 0 amide bonds. The van der Waals surface area contributed by atoms with Crippen LogP contribution in [0.4, 0.5) is 5.95 Å². The van der Waals surface area contributed by atoms with Crippen LogP contribution in [0.15, 0.2) is 0 Å². The van der Waals surface area contributed by atoms with Gasteiger partial charge in [0.25, 0.3) is 0 Å². The van der Waals surface area contributed by atoms with Gasteiger partial charge in [-0.15, -0.1) is 4.98 Å².